The minimum absolute atomic E-state index is 0.0492. The molecule has 1 aliphatic heterocycles. The summed E-state index contributed by atoms with van der Waals surface area (Å²) < 4.78 is 5.56. The summed E-state index contributed by atoms with van der Waals surface area (Å²) >= 11 is 5.97. The van der Waals surface area contributed by atoms with Crippen LogP contribution in [-0.4, -0.2) is 28.1 Å². The fraction of sp³-hybridized carbons (Fsp3) is 0.259. The first-order chi connectivity index (χ1) is 15.7. The van der Waals surface area contributed by atoms with Gasteiger partial charge in [0.15, 0.2) is 5.82 Å². The lowest BCUT2D eigenvalue weighted by Crippen LogP contribution is -2.43. The van der Waals surface area contributed by atoms with Gasteiger partial charge in [0.25, 0.3) is 0 Å². The van der Waals surface area contributed by atoms with E-state index in [4.69, 9.17) is 16.1 Å². The van der Waals surface area contributed by atoms with E-state index in [9.17, 15) is 0 Å². The van der Waals surface area contributed by atoms with Crippen molar-refractivity contribution in [3.8, 4) is 0 Å². The third kappa shape index (κ3) is 4.47. The molecule has 5 rings (SSSR count). The molecule has 5 heteroatoms. The van der Waals surface area contributed by atoms with Crippen molar-refractivity contribution in [2.75, 3.05) is 13.1 Å². The first kappa shape index (κ1) is 20.9. The number of likely N-dealkylation sites (tertiary alicyclic amines) is 1. The third-order valence-electron chi connectivity index (χ3n) is 6.51. The van der Waals surface area contributed by atoms with E-state index in [0.717, 1.165) is 36.5 Å². The van der Waals surface area contributed by atoms with E-state index in [1.54, 1.807) is 0 Å². The van der Waals surface area contributed by atoms with Crippen LogP contribution in [0.15, 0.2) is 89.5 Å². The first-order valence-electron chi connectivity index (χ1n) is 11.1. The van der Waals surface area contributed by atoms with E-state index in [-0.39, 0.29) is 5.41 Å². The van der Waals surface area contributed by atoms with Gasteiger partial charge in [0.2, 0.25) is 5.89 Å². The maximum absolute atomic E-state index is 5.97. The van der Waals surface area contributed by atoms with Crippen LogP contribution in [-0.2, 0) is 18.4 Å². The Balaban J connectivity index is 1.27. The minimum atomic E-state index is 0.0492. The zero-order valence-corrected chi connectivity index (χ0v) is 18.7. The molecule has 2 heterocycles. The zero-order chi connectivity index (χ0) is 21.8. The van der Waals surface area contributed by atoms with Crippen LogP contribution in [0.2, 0.25) is 5.02 Å². The third-order valence-corrected chi connectivity index (χ3v) is 6.76. The van der Waals surface area contributed by atoms with Gasteiger partial charge in [-0.15, -0.1) is 0 Å². The second-order valence-corrected chi connectivity index (χ2v) is 8.93. The van der Waals surface area contributed by atoms with E-state index >= 15 is 0 Å². The molecule has 4 nitrogen and oxygen atoms in total. The van der Waals surface area contributed by atoms with Crippen molar-refractivity contribution in [1.29, 1.82) is 0 Å². The monoisotopic (exact) mass is 443 g/mol. The average Bonchev–Trinajstić information content (AvgIpc) is 3.29. The summed E-state index contributed by atoms with van der Waals surface area (Å²) in [4.78, 5) is 7.04. The fourth-order valence-corrected chi connectivity index (χ4v) is 4.88. The minimum Gasteiger partial charge on any atom is -0.338 e. The van der Waals surface area contributed by atoms with Gasteiger partial charge in [0.1, 0.15) is 0 Å². The maximum Gasteiger partial charge on any atom is 0.240 e. The van der Waals surface area contributed by atoms with Gasteiger partial charge in [0.05, 0.1) is 6.54 Å². The summed E-state index contributed by atoms with van der Waals surface area (Å²) in [5, 5.41) is 4.91. The number of nitrogens with zero attached hydrogens (tertiary/aromatic N) is 3. The molecule has 0 atom stereocenters. The standard InChI is InChI=1S/C27H26ClN3O/c28-24-13-11-21(12-14-24)19-25-29-26(32-30-25)20-31-17-15-27(16-18-31,22-7-3-1-4-8-22)23-9-5-2-6-10-23/h1-14H,15-20H2. The van der Waals surface area contributed by atoms with Crippen molar-refractivity contribution in [3.05, 3.63) is 118 Å². The van der Waals surface area contributed by atoms with Crippen LogP contribution in [0.3, 0.4) is 0 Å². The van der Waals surface area contributed by atoms with E-state index in [1.807, 2.05) is 24.3 Å². The van der Waals surface area contributed by atoms with Crippen LogP contribution in [0.1, 0.15) is 41.2 Å². The lowest BCUT2D eigenvalue weighted by molar-refractivity contribution is 0.155. The van der Waals surface area contributed by atoms with Gasteiger partial charge in [-0.25, -0.2) is 0 Å². The largest absolute Gasteiger partial charge is 0.338 e. The lowest BCUT2D eigenvalue weighted by atomic mass is 9.68. The summed E-state index contributed by atoms with van der Waals surface area (Å²) in [5.74, 6) is 1.39. The SMILES string of the molecule is Clc1ccc(Cc2noc(CN3CCC(c4ccccc4)(c4ccccc4)CC3)n2)cc1. The molecule has 0 unspecified atom stereocenters. The Morgan fingerprint density at radius 2 is 1.41 bits per heavy atom. The van der Waals surface area contributed by atoms with Crippen LogP contribution in [0, 0.1) is 0 Å². The summed E-state index contributed by atoms with van der Waals surface area (Å²) in [6.45, 7) is 2.66. The van der Waals surface area contributed by atoms with E-state index in [0.29, 0.717) is 24.7 Å². The lowest BCUT2D eigenvalue weighted by Gasteiger charge is -2.42. The van der Waals surface area contributed by atoms with Crippen molar-refractivity contribution in [1.82, 2.24) is 15.0 Å². The second kappa shape index (κ2) is 9.27. The number of hydrogen-bond donors (Lipinski definition) is 0. The van der Waals surface area contributed by atoms with Crippen molar-refractivity contribution in [3.63, 3.8) is 0 Å². The van der Waals surface area contributed by atoms with Crippen LogP contribution >= 0.6 is 11.6 Å². The Morgan fingerprint density at radius 3 is 2.00 bits per heavy atom. The van der Waals surface area contributed by atoms with Gasteiger partial charge in [0, 0.05) is 16.9 Å². The topological polar surface area (TPSA) is 42.2 Å². The highest BCUT2D eigenvalue weighted by Crippen LogP contribution is 2.41. The molecule has 0 spiro atoms. The van der Waals surface area contributed by atoms with Gasteiger partial charge >= 0.3 is 0 Å². The number of benzene rings is 3. The summed E-state index contributed by atoms with van der Waals surface area (Å²) in [6.07, 6.45) is 2.77. The number of rotatable bonds is 6. The summed E-state index contributed by atoms with van der Waals surface area (Å²) in [5.41, 5.74) is 3.96. The van der Waals surface area contributed by atoms with Crippen LogP contribution in [0.5, 0.6) is 0 Å². The predicted molar refractivity (Wildman–Crippen MR) is 127 cm³/mol. The molecule has 4 aromatic rings. The van der Waals surface area contributed by atoms with Crippen molar-refractivity contribution in [2.45, 2.75) is 31.2 Å². The Kier molecular flexibility index (Phi) is 6.06. The maximum atomic E-state index is 5.97. The Morgan fingerprint density at radius 1 is 0.812 bits per heavy atom. The van der Waals surface area contributed by atoms with Crippen molar-refractivity contribution < 1.29 is 4.52 Å². The molecule has 0 amide bonds. The van der Waals surface area contributed by atoms with Gasteiger partial charge in [-0.1, -0.05) is 89.6 Å². The van der Waals surface area contributed by atoms with Crippen LogP contribution < -0.4 is 0 Å². The summed E-state index contributed by atoms with van der Waals surface area (Å²) in [6, 6.07) is 29.6. The molecule has 1 fully saturated rings. The van der Waals surface area contributed by atoms with Gasteiger partial charge in [-0.2, -0.15) is 4.98 Å². The molecule has 162 valence electrons. The Hall–Kier alpha value is -2.95. The highest BCUT2D eigenvalue weighted by atomic mass is 35.5. The van der Waals surface area contributed by atoms with E-state index in [2.05, 4.69) is 75.7 Å². The normalized spacial score (nSPS) is 16.2. The molecular weight excluding hydrogens is 418 g/mol. The summed E-state index contributed by atoms with van der Waals surface area (Å²) in [7, 11) is 0. The van der Waals surface area contributed by atoms with Crippen LogP contribution in [0.25, 0.3) is 0 Å². The van der Waals surface area contributed by atoms with Crippen molar-refractivity contribution in [2.24, 2.45) is 0 Å². The molecule has 0 N–H and O–H groups in total. The highest BCUT2D eigenvalue weighted by Gasteiger charge is 2.37. The molecule has 0 saturated carbocycles. The van der Waals surface area contributed by atoms with Crippen LogP contribution in [0.4, 0.5) is 0 Å². The molecule has 32 heavy (non-hydrogen) atoms. The molecule has 0 aliphatic carbocycles. The van der Waals surface area contributed by atoms with Crippen molar-refractivity contribution >= 4 is 11.6 Å². The number of piperidine rings is 1. The second-order valence-electron chi connectivity index (χ2n) is 8.50. The number of halogens is 1. The molecule has 1 aliphatic rings. The smallest absolute Gasteiger partial charge is 0.240 e. The molecule has 0 radical (unpaired) electrons. The predicted octanol–water partition coefficient (Wildman–Crippen LogP) is 5.90. The molecular formula is C27H26ClN3O. The van der Waals surface area contributed by atoms with E-state index < -0.39 is 0 Å². The Bertz CT molecular complexity index is 1090. The van der Waals surface area contributed by atoms with Gasteiger partial charge in [-0.3, -0.25) is 4.90 Å². The molecule has 1 saturated heterocycles. The Labute approximate surface area is 193 Å². The van der Waals surface area contributed by atoms with E-state index in [1.165, 1.54) is 11.1 Å². The average molecular weight is 444 g/mol. The molecule has 0 bridgehead atoms. The fourth-order valence-electron chi connectivity index (χ4n) is 4.75. The quantitative estimate of drug-likeness (QED) is 0.372. The molecule has 1 aromatic heterocycles. The highest BCUT2D eigenvalue weighted by molar-refractivity contribution is 6.30. The number of hydrogen-bond acceptors (Lipinski definition) is 4. The zero-order valence-electron chi connectivity index (χ0n) is 18.0. The van der Waals surface area contributed by atoms with Gasteiger partial charge in [-0.05, 0) is 54.8 Å². The number of aromatic nitrogens is 2. The first-order valence-corrected chi connectivity index (χ1v) is 11.5. The van der Waals surface area contributed by atoms with Gasteiger partial charge < -0.3 is 4.52 Å². The molecule has 3 aromatic carbocycles.